The van der Waals surface area contributed by atoms with Gasteiger partial charge in [0.1, 0.15) is 11.7 Å². The van der Waals surface area contributed by atoms with Gasteiger partial charge in [-0.3, -0.25) is 0 Å². The molecular weight excluding hydrogens is 364 g/mol. The van der Waals surface area contributed by atoms with Crippen LogP contribution >= 0.6 is 23.5 Å². The summed E-state index contributed by atoms with van der Waals surface area (Å²) in [6.07, 6.45) is 0. The Morgan fingerprint density at radius 3 is 1.84 bits per heavy atom. The maximum atomic E-state index is 12.2. The second-order valence-electron chi connectivity index (χ2n) is 5.85. The largest absolute Gasteiger partial charge is 0.494 e. The average Bonchev–Trinajstić information content (AvgIpc) is 3.21. The lowest BCUT2D eigenvalue weighted by Crippen LogP contribution is -2.58. The highest BCUT2D eigenvalue weighted by Crippen LogP contribution is 2.41. The standard InChI is InChI=1S/C20H20O2S2Si/c1-22-19(20-23-13-14-24-20)18(15-21)25(2,16-9-5-3-6-10-16)17-11-7-4-8-12-17/h3-12H,13-14H2,1-2H3. The zero-order valence-corrected chi connectivity index (χ0v) is 17.0. The van der Waals surface area contributed by atoms with E-state index < -0.39 is 8.07 Å². The maximum Gasteiger partial charge on any atom is 0.164 e. The zero-order chi connectivity index (χ0) is 17.7. The fourth-order valence-corrected chi connectivity index (χ4v) is 9.30. The molecule has 5 heteroatoms. The van der Waals surface area contributed by atoms with Gasteiger partial charge in [-0.2, -0.15) is 0 Å². The van der Waals surface area contributed by atoms with Crippen LogP contribution in [0.4, 0.5) is 0 Å². The van der Waals surface area contributed by atoms with Gasteiger partial charge >= 0.3 is 0 Å². The van der Waals surface area contributed by atoms with Gasteiger partial charge in [0.25, 0.3) is 0 Å². The first-order valence-electron chi connectivity index (χ1n) is 8.12. The number of ether oxygens (including phenoxy) is 1. The van der Waals surface area contributed by atoms with E-state index in [0.29, 0.717) is 11.0 Å². The first kappa shape index (κ1) is 18.1. The molecule has 0 aromatic heterocycles. The minimum absolute atomic E-state index is 0.685. The second-order valence-corrected chi connectivity index (χ2v) is 12.2. The first-order valence-corrected chi connectivity index (χ1v) is 12.6. The zero-order valence-electron chi connectivity index (χ0n) is 14.3. The van der Waals surface area contributed by atoms with Crippen molar-refractivity contribution in [3.05, 3.63) is 75.9 Å². The summed E-state index contributed by atoms with van der Waals surface area (Å²) in [5.74, 6) is 5.10. The fraction of sp³-hybridized carbons (Fsp3) is 0.200. The van der Waals surface area contributed by atoms with Crippen molar-refractivity contribution >= 4 is 47.9 Å². The molecule has 3 rings (SSSR count). The van der Waals surface area contributed by atoms with Crippen molar-refractivity contribution < 1.29 is 9.53 Å². The van der Waals surface area contributed by atoms with Gasteiger partial charge in [0.05, 0.1) is 16.5 Å². The Labute approximate surface area is 158 Å². The highest BCUT2D eigenvalue weighted by molar-refractivity contribution is 8.25. The molecule has 1 aliphatic heterocycles. The first-order chi connectivity index (χ1) is 12.2. The number of rotatable bonds is 5. The molecule has 1 saturated heterocycles. The number of benzene rings is 2. The number of hydrogen-bond donors (Lipinski definition) is 0. The summed E-state index contributed by atoms with van der Waals surface area (Å²) in [4.78, 5) is 12.2. The lowest BCUT2D eigenvalue weighted by Gasteiger charge is -2.30. The Hall–Kier alpha value is -1.65. The van der Waals surface area contributed by atoms with E-state index in [9.17, 15) is 4.79 Å². The normalized spacial score (nSPS) is 14.1. The van der Waals surface area contributed by atoms with Crippen LogP contribution in [0.1, 0.15) is 0 Å². The van der Waals surface area contributed by atoms with Crippen LogP contribution in [0.15, 0.2) is 75.9 Å². The molecule has 0 saturated carbocycles. The van der Waals surface area contributed by atoms with E-state index in [1.165, 1.54) is 10.4 Å². The van der Waals surface area contributed by atoms with E-state index in [-0.39, 0.29) is 0 Å². The van der Waals surface area contributed by atoms with Crippen LogP contribution in [0.3, 0.4) is 0 Å². The van der Waals surface area contributed by atoms with Crippen molar-refractivity contribution in [2.45, 2.75) is 6.55 Å². The fourth-order valence-electron chi connectivity index (χ4n) is 3.10. The number of carbonyl (C=O) groups excluding carboxylic acids is 1. The third kappa shape index (κ3) is 3.51. The van der Waals surface area contributed by atoms with Crippen LogP contribution < -0.4 is 10.4 Å². The smallest absolute Gasteiger partial charge is 0.164 e. The molecule has 0 spiro atoms. The van der Waals surface area contributed by atoms with Crippen molar-refractivity contribution in [1.82, 2.24) is 0 Å². The van der Waals surface area contributed by atoms with Crippen LogP contribution in [-0.4, -0.2) is 32.6 Å². The van der Waals surface area contributed by atoms with Crippen LogP contribution in [0, 0.1) is 0 Å². The molecule has 2 nitrogen and oxygen atoms in total. The number of thioether (sulfide) groups is 2. The van der Waals surface area contributed by atoms with Crippen molar-refractivity contribution in [3.63, 3.8) is 0 Å². The molecule has 2 aromatic rings. The van der Waals surface area contributed by atoms with Crippen LogP contribution in [0.5, 0.6) is 0 Å². The molecule has 1 aliphatic rings. The van der Waals surface area contributed by atoms with E-state index in [1.54, 1.807) is 30.6 Å². The van der Waals surface area contributed by atoms with Crippen LogP contribution in [0.25, 0.3) is 0 Å². The molecule has 0 radical (unpaired) electrons. The Bertz CT molecular complexity index is 765. The highest BCUT2D eigenvalue weighted by Gasteiger charge is 2.41. The SMILES string of the molecule is COC(C(=C=O)[Si](C)(c1ccccc1)c1ccccc1)=C1SCCS1. The molecule has 0 aliphatic carbocycles. The van der Waals surface area contributed by atoms with Gasteiger partial charge in [-0.15, -0.1) is 23.5 Å². The van der Waals surface area contributed by atoms with Gasteiger partial charge in [-0.25, -0.2) is 4.79 Å². The molecule has 2 aromatic carbocycles. The van der Waals surface area contributed by atoms with E-state index in [4.69, 9.17) is 4.74 Å². The van der Waals surface area contributed by atoms with Gasteiger partial charge < -0.3 is 4.74 Å². The summed E-state index contributed by atoms with van der Waals surface area (Å²) < 4.78 is 6.85. The molecule has 128 valence electrons. The Kier molecular flexibility index (Phi) is 5.92. The lowest BCUT2D eigenvalue weighted by atomic mass is 10.4. The Morgan fingerprint density at radius 1 is 0.960 bits per heavy atom. The van der Waals surface area contributed by atoms with Gasteiger partial charge in [0, 0.05) is 11.5 Å². The van der Waals surface area contributed by atoms with Gasteiger partial charge in [-0.05, 0) is 10.4 Å². The number of allylic oxidation sites excluding steroid dienone is 1. The number of hydrogen-bond acceptors (Lipinski definition) is 4. The molecule has 0 atom stereocenters. The summed E-state index contributed by atoms with van der Waals surface area (Å²) in [5.41, 5.74) is 0. The predicted molar refractivity (Wildman–Crippen MR) is 112 cm³/mol. The van der Waals surface area contributed by atoms with Gasteiger partial charge in [0.15, 0.2) is 8.07 Å². The molecule has 0 N–H and O–H groups in total. The quantitative estimate of drug-likeness (QED) is 0.448. The molecular formula is C20H20O2S2Si. The summed E-state index contributed by atoms with van der Waals surface area (Å²) in [7, 11) is -0.842. The average molecular weight is 385 g/mol. The van der Waals surface area contributed by atoms with Crippen molar-refractivity contribution in [2.75, 3.05) is 18.6 Å². The summed E-state index contributed by atoms with van der Waals surface area (Å²) in [6.45, 7) is 2.21. The van der Waals surface area contributed by atoms with Crippen molar-refractivity contribution in [3.8, 4) is 0 Å². The van der Waals surface area contributed by atoms with Gasteiger partial charge in [0.2, 0.25) is 0 Å². The third-order valence-corrected chi connectivity index (χ3v) is 11.5. The van der Waals surface area contributed by atoms with Crippen molar-refractivity contribution in [1.29, 1.82) is 0 Å². The summed E-state index contributed by atoms with van der Waals surface area (Å²) in [5, 5.41) is 3.05. The van der Waals surface area contributed by atoms with E-state index in [1.807, 2.05) is 36.4 Å². The lowest BCUT2D eigenvalue weighted by molar-refractivity contribution is 0.305. The Balaban J connectivity index is 2.24. The summed E-state index contributed by atoms with van der Waals surface area (Å²) in [6, 6.07) is 20.6. The molecule has 0 amide bonds. The molecule has 1 heterocycles. The monoisotopic (exact) mass is 384 g/mol. The maximum absolute atomic E-state index is 12.2. The molecule has 0 unspecified atom stereocenters. The highest BCUT2D eigenvalue weighted by atomic mass is 32.2. The van der Waals surface area contributed by atoms with Gasteiger partial charge in [-0.1, -0.05) is 67.2 Å². The van der Waals surface area contributed by atoms with Crippen molar-refractivity contribution in [2.24, 2.45) is 0 Å². The summed E-state index contributed by atoms with van der Waals surface area (Å²) >= 11 is 3.53. The Morgan fingerprint density at radius 2 is 1.44 bits per heavy atom. The van der Waals surface area contributed by atoms with E-state index in [0.717, 1.165) is 15.7 Å². The topological polar surface area (TPSA) is 26.3 Å². The van der Waals surface area contributed by atoms with Crippen LogP contribution in [-0.2, 0) is 9.53 Å². The van der Waals surface area contributed by atoms with Crippen LogP contribution in [0.2, 0.25) is 6.55 Å². The predicted octanol–water partition coefficient (Wildman–Crippen LogP) is 3.47. The minimum Gasteiger partial charge on any atom is -0.494 e. The molecule has 1 fully saturated rings. The minimum atomic E-state index is -2.50. The third-order valence-electron chi connectivity index (χ3n) is 4.47. The number of methoxy groups -OCH3 is 1. The molecule has 25 heavy (non-hydrogen) atoms. The van der Waals surface area contributed by atoms with E-state index >= 15 is 0 Å². The molecule has 0 bridgehead atoms. The van der Waals surface area contributed by atoms with E-state index in [2.05, 4.69) is 36.8 Å². The second kappa shape index (κ2) is 8.15.